The number of nitrogens with zero attached hydrogens (tertiary/aromatic N) is 2. The summed E-state index contributed by atoms with van der Waals surface area (Å²) in [6.07, 6.45) is 1.57. The number of aromatic nitrogens is 1. The predicted octanol–water partition coefficient (Wildman–Crippen LogP) is 5.49. The van der Waals surface area contributed by atoms with E-state index in [1.165, 1.54) is 11.3 Å². The van der Waals surface area contributed by atoms with Gasteiger partial charge < -0.3 is 24.1 Å². The highest BCUT2D eigenvalue weighted by Crippen LogP contribution is 2.34. The highest BCUT2D eigenvalue weighted by molar-refractivity contribution is 7.10. The van der Waals surface area contributed by atoms with Crippen LogP contribution in [0.25, 0.3) is 11.0 Å². The summed E-state index contributed by atoms with van der Waals surface area (Å²) in [5.41, 5.74) is 2.60. The highest BCUT2D eigenvalue weighted by Gasteiger charge is 2.28. The number of ether oxygens (including phenoxy) is 2. The van der Waals surface area contributed by atoms with Crippen molar-refractivity contribution < 1.29 is 23.5 Å². The molecule has 3 heterocycles. The van der Waals surface area contributed by atoms with E-state index in [4.69, 9.17) is 13.9 Å². The van der Waals surface area contributed by atoms with Crippen LogP contribution in [0.1, 0.15) is 50.4 Å². The number of likely N-dealkylation sites (tertiary alicyclic amines) is 1. The molecule has 2 aromatic heterocycles. The number of thiazole rings is 1. The van der Waals surface area contributed by atoms with Crippen LogP contribution in [0.5, 0.6) is 11.5 Å². The van der Waals surface area contributed by atoms with E-state index in [1.54, 1.807) is 31.7 Å². The second-order valence-electron chi connectivity index (χ2n) is 8.76. The maximum absolute atomic E-state index is 12.9. The Kier molecular flexibility index (Phi) is 6.65. The monoisotopic (exact) mass is 505 g/mol. The van der Waals surface area contributed by atoms with Crippen LogP contribution in [-0.4, -0.2) is 49.0 Å². The Morgan fingerprint density at radius 1 is 1.08 bits per heavy atom. The Hall–Kier alpha value is -3.85. The van der Waals surface area contributed by atoms with Crippen LogP contribution in [-0.2, 0) is 0 Å². The summed E-state index contributed by atoms with van der Waals surface area (Å²) >= 11 is 1.48. The van der Waals surface area contributed by atoms with Crippen LogP contribution in [0, 0.1) is 6.92 Å². The summed E-state index contributed by atoms with van der Waals surface area (Å²) in [5.74, 6) is 1.36. The molecule has 0 spiro atoms. The number of nitrogens with one attached hydrogen (secondary N) is 1. The second-order valence-corrected chi connectivity index (χ2v) is 9.65. The van der Waals surface area contributed by atoms with Crippen molar-refractivity contribution in [3.63, 3.8) is 0 Å². The zero-order valence-electron chi connectivity index (χ0n) is 20.4. The van der Waals surface area contributed by atoms with Gasteiger partial charge in [0.1, 0.15) is 11.3 Å². The number of para-hydroxylation sites is 1. The average Bonchev–Trinajstić information content (AvgIpc) is 3.57. The Morgan fingerprint density at radius 2 is 1.81 bits per heavy atom. The lowest BCUT2D eigenvalue weighted by Crippen LogP contribution is -2.37. The lowest BCUT2D eigenvalue weighted by Gasteiger charge is -2.30. The van der Waals surface area contributed by atoms with Gasteiger partial charge in [0.15, 0.2) is 17.3 Å². The number of carbonyl (C=O) groups is 2. The number of piperidine rings is 1. The number of hydrogen-bond donors (Lipinski definition) is 1. The van der Waals surface area contributed by atoms with Crippen LogP contribution < -0.4 is 14.8 Å². The van der Waals surface area contributed by atoms with Crippen molar-refractivity contribution in [2.45, 2.75) is 25.7 Å². The third-order valence-electron chi connectivity index (χ3n) is 6.50. The molecular weight excluding hydrogens is 478 g/mol. The van der Waals surface area contributed by atoms with Crippen molar-refractivity contribution in [1.29, 1.82) is 0 Å². The SMILES string of the molecule is COc1cc(C)c(NC(=O)c2csc(C3CCN(C(=O)c4cc5ccccc5o4)CC3)n2)cc1OC. The number of fused-ring (bicyclic) bond motifs is 1. The van der Waals surface area contributed by atoms with E-state index in [0.717, 1.165) is 28.8 Å². The van der Waals surface area contributed by atoms with E-state index in [2.05, 4.69) is 10.3 Å². The molecule has 0 saturated carbocycles. The molecule has 2 amide bonds. The number of methoxy groups -OCH3 is 2. The standard InChI is InChI=1S/C27H27N3O5S/c1-16-12-22(33-2)23(34-3)14-19(16)28-25(31)20-15-36-26(29-20)17-8-10-30(11-9-17)27(32)24-13-18-6-4-5-7-21(18)35-24/h4-7,12-15,17H,8-11H2,1-3H3,(H,28,31). The first-order valence-corrected chi connectivity index (χ1v) is 12.6. The van der Waals surface area contributed by atoms with Gasteiger partial charge in [-0.15, -0.1) is 11.3 Å². The first-order chi connectivity index (χ1) is 17.5. The quantitative estimate of drug-likeness (QED) is 0.373. The van der Waals surface area contributed by atoms with E-state index in [-0.39, 0.29) is 17.7 Å². The second kappa shape index (κ2) is 10.0. The van der Waals surface area contributed by atoms with Crippen LogP contribution in [0.15, 0.2) is 52.3 Å². The minimum atomic E-state index is -0.273. The molecule has 1 N–H and O–H groups in total. The zero-order chi connectivity index (χ0) is 25.2. The molecule has 1 aliphatic rings. The molecular formula is C27H27N3O5S. The van der Waals surface area contributed by atoms with Crippen molar-refractivity contribution in [1.82, 2.24) is 9.88 Å². The minimum Gasteiger partial charge on any atom is -0.493 e. The van der Waals surface area contributed by atoms with Crippen LogP contribution in [0.4, 0.5) is 5.69 Å². The van der Waals surface area contributed by atoms with E-state index in [9.17, 15) is 9.59 Å². The maximum Gasteiger partial charge on any atom is 0.289 e. The molecule has 8 nitrogen and oxygen atoms in total. The smallest absolute Gasteiger partial charge is 0.289 e. The molecule has 4 aromatic rings. The van der Waals surface area contributed by atoms with Gasteiger partial charge in [-0.25, -0.2) is 4.98 Å². The summed E-state index contributed by atoms with van der Waals surface area (Å²) in [6, 6.07) is 13.0. The number of amides is 2. The molecule has 0 radical (unpaired) electrons. The number of carbonyl (C=O) groups excluding carboxylic acids is 2. The largest absolute Gasteiger partial charge is 0.493 e. The van der Waals surface area contributed by atoms with Gasteiger partial charge in [-0.05, 0) is 43.5 Å². The topological polar surface area (TPSA) is 93.9 Å². The molecule has 36 heavy (non-hydrogen) atoms. The fourth-order valence-electron chi connectivity index (χ4n) is 4.45. The maximum atomic E-state index is 12.9. The predicted molar refractivity (Wildman–Crippen MR) is 138 cm³/mol. The summed E-state index contributed by atoms with van der Waals surface area (Å²) in [4.78, 5) is 32.3. The van der Waals surface area contributed by atoms with E-state index in [0.29, 0.717) is 47.3 Å². The van der Waals surface area contributed by atoms with Crippen molar-refractivity contribution in [2.75, 3.05) is 32.6 Å². The Labute approximate surface area is 212 Å². The number of benzene rings is 2. The first-order valence-electron chi connectivity index (χ1n) is 11.7. The van der Waals surface area contributed by atoms with E-state index in [1.807, 2.05) is 42.2 Å². The highest BCUT2D eigenvalue weighted by atomic mass is 32.1. The first kappa shape index (κ1) is 23.9. The van der Waals surface area contributed by atoms with Crippen LogP contribution >= 0.6 is 11.3 Å². The third-order valence-corrected chi connectivity index (χ3v) is 7.51. The molecule has 1 aliphatic heterocycles. The fraction of sp³-hybridized carbons (Fsp3) is 0.296. The normalized spacial score (nSPS) is 14.1. The average molecular weight is 506 g/mol. The van der Waals surface area contributed by atoms with E-state index >= 15 is 0 Å². The number of rotatable bonds is 6. The minimum absolute atomic E-state index is 0.0888. The van der Waals surface area contributed by atoms with Crippen LogP contribution in [0.3, 0.4) is 0 Å². The lowest BCUT2D eigenvalue weighted by atomic mass is 9.97. The number of hydrogen-bond acceptors (Lipinski definition) is 7. The molecule has 186 valence electrons. The molecule has 1 fully saturated rings. The number of furan rings is 1. The summed E-state index contributed by atoms with van der Waals surface area (Å²) < 4.78 is 16.4. The van der Waals surface area contributed by atoms with Gasteiger partial charge in [0.2, 0.25) is 0 Å². The van der Waals surface area contributed by atoms with Crippen molar-refractivity contribution >= 4 is 39.8 Å². The Morgan fingerprint density at radius 3 is 2.53 bits per heavy atom. The fourth-order valence-corrected chi connectivity index (χ4v) is 5.43. The van der Waals surface area contributed by atoms with Crippen molar-refractivity contribution in [3.8, 4) is 11.5 Å². The summed E-state index contributed by atoms with van der Waals surface area (Å²) in [6.45, 7) is 3.13. The van der Waals surface area contributed by atoms with E-state index < -0.39 is 0 Å². The molecule has 2 aromatic carbocycles. The Balaban J connectivity index is 1.21. The molecule has 5 rings (SSSR count). The third kappa shape index (κ3) is 4.66. The van der Waals surface area contributed by atoms with Gasteiger partial charge in [0.05, 0.1) is 19.2 Å². The molecule has 0 unspecified atom stereocenters. The van der Waals surface area contributed by atoms with Crippen molar-refractivity contribution in [3.05, 3.63) is 69.9 Å². The lowest BCUT2D eigenvalue weighted by molar-refractivity contribution is 0.0683. The Bertz CT molecular complexity index is 1390. The molecule has 9 heteroatoms. The van der Waals surface area contributed by atoms with Crippen LogP contribution in [0.2, 0.25) is 0 Å². The van der Waals surface area contributed by atoms with Crippen molar-refractivity contribution in [2.24, 2.45) is 0 Å². The summed E-state index contributed by atoms with van der Waals surface area (Å²) in [5, 5.41) is 6.55. The molecule has 0 bridgehead atoms. The zero-order valence-corrected chi connectivity index (χ0v) is 21.2. The van der Waals surface area contributed by atoms with Gasteiger partial charge in [0, 0.05) is 41.5 Å². The van der Waals surface area contributed by atoms with Gasteiger partial charge in [-0.1, -0.05) is 18.2 Å². The molecule has 1 saturated heterocycles. The van der Waals surface area contributed by atoms with Gasteiger partial charge in [-0.3, -0.25) is 9.59 Å². The van der Waals surface area contributed by atoms with Gasteiger partial charge in [0.25, 0.3) is 11.8 Å². The molecule has 0 atom stereocenters. The molecule has 0 aliphatic carbocycles. The van der Waals surface area contributed by atoms with Gasteiger partial charge in [-0.2, -0.15) is 0 Å². The number of aryl methyl sites for hydroxylation is 1. The summed E-state index contributed by atoms with van der Waals surface area (Å²) in [7, 11) is 3.13. The number of anilines is 1. The van der Waals surface area contributed by atoms with Gasteiger partial charge >= 0.3 is 0 Å².